The fourth-order valence-electron chi connectivity index (χ4n) is 1.50. The smallest absolute Gasteiger partial charge is 0.151 e. The lowest BCUT2D eigenvalue weighted by Gasteiger charge is -2.32. The first kappa shape index (κ1) is 8.58. The van der Waals surface area contributed by atoms with E-state index in [0.29, 0.717) is 12.8 Å². The zero-order valence-electron chi connectivity index (χ0n) is 6.80. The molecule has 0 heterocycles. The van der Waals surface area contributed by atoms with Gasteiger partial charge in [0.15, 0.2) is 5.60 Å². The molecule has 0 radical (unpaired) electrons. The molecule has 0 saturated heterocycles. The first-order valence-corrected chi connectivity index (χ1v) is 4.03. The highest BCUT2D eigenvalue weighted by atomic mass is 16.3. The Morgan fingerprint density at radius 3 is 2.73 bits per heavy atom. The van der Waals surface area contributed by atoms with Crippen molar-refractivity contribution in [1.29, 1.82) is 0 Å². The predicted octanol–water partition coefficient (Wildman–Crippen LogP) is 0.676. The van der Waals surface area contributed by atoms with Crippen LogP contribution in [0, 0.1) is 11.8 Å². The Bertz CT molecular complexity index is 189. The van der Waals surface area contributed by atoms with Crippen LogP contribution in [0.2, 0.25) is 0 Å². The van der Waals surface area contributed by atoms with E-state index in [2.05, 4.69) is 11.8 Å². The van der Waals surface area contributed by atoms with Gasteiger partial charge in [-0.1, -0.05) is 12.3 Å². The van der Waals surface area contributed by atoms with Crippen molar-refractivity contribution in [2.24, 2.45) is 0 Å². The van der Waals surface area contributed by atoms with Crippen molar-refractivity contribution in [3.8, 4) is 11.8 Å². The third kappa shape index (κ3) is 1.74. The van der Waals surface area contributed by atoms with Gasteiger partial charge in [0, 0.05) is 0 Å². The summed E-state index contributed by atoms with van der Waals surface area (Å²) in [7, 11) is 0. The monoisotopic (exact) mass is 154 g/mol. The summed E-state index contributed by atoms with van der Waals surface area (Å²) < 4.78 is 0. The topological polar surface area (TPSA) is 40.5 Å². The zero-order valence-corrected chi connectivity index (χ0v) is 6.80. The third-order valence-electron chi connectivity index (χ3n) is 2.18. The van der Waals surface area contributed by atoms with Crippen molar-refractivity contribution < 1.29 is 10.2 Å². The summed E-state index contributed by atoms with van der Waals surface area (Å²) in [6, 6.07) is 0. The minimum atomic E-state index is -1.12. The van der Waals surface area contributed by atoms with Gasteiger partial charge in [-0.25, -0.2) is 0 Å². The number of aliphatic hydroxyl groups is 2. The molecule has 0 bridgehead atoms. The molecule has 2 nitrogen and oxygen atoms in total. The lowest BCUT2D eigenvalue weighted by atomic mass is 9.83. The first-order valence-electron chi connectivity index (χ1n) is 4.03. The van der Waals surface area contributed by atoms with Crippen molar-refractivity contribution in [2.75, 3.05) is 0 Å². The summed E-state index contributed by atoms with van der Waals surface area (Å²) in [6.45, 7) is 1.68. The summed E-state index contributed by atoms with van der Waals surface area (Å²) in [5.41, 5.74) is -1.12. The fraction of sp³-hybridized carbons (Fsp3) is 0.778. The van der Waals surface area contributed by atoms with Crippen LogP contribution >= 0.6 is 0 Å². The number of hydrogen-bond acceptors (Lipinski definition) is 2. The van der Waals surface area contributed by atoms with Crippen LogP contribution in [0.3, 0.4) is 0 Å². The van der Waals surface area contributed by atoms with E-state index in [9.17, 15) is 10.2 Å². The van der Waals surface area contributed by atoms with E-state index in [1.165, 1.54) is 0 Å². The summed E-state index contributed by atoms with van der Waals surface area (Å²) in [6.07, 6.45) is 2.58. The number of aliphatic hydroxyl groups excluding tert-OH is 1. The van der Waals surface area contributed by atoms with Crippen molar-refractivity contribution in [1.82, 2.24) is 0 Å². The molecule has 2 heteroatoms. The minimum Gasteiger partial charge on any atom is -0.389 e. The maximum Gasteiger partial charge on any atom is 0.151 e. The summed E-state index contributed by atoms with van der Waals surface area (Å²) in [4.78, 5) is 0. The van der Waals surface area contributed by atoms with Crippen molar-refractivity contribution in [3.63, 3.8) is 0 Å². The highest BCUT2D eigenvalue weighted by Crippen LogP contribution is 2.27. The van der Waals surface area contributed by atoms with Gasteiger partial charge in [-0.15, -0.1) is 5.92 Å². The molecule has 0 aromatic carbocycles. The second-order valence-electron chi connectivity index (χ2n) is 3.06. The molecule has 1 aliphatic rings. The van der Waals surface area contributed by atoms with Crippen LogP contribution in [0.5, 0.6) is 0 Å². The highest BCUT2D eigenvalue weighted by Gasteiger charge is 2.35. The molecule has 1 saturated carbocycles. The Morgan fingerprint density at radius 2 is 2.18 bits per heavy atom. The molecule has 0 aromatic heterocycles. The second-order valence-corrected chi connectivity index (χ2v) is 3.06. The average molecular weight is 154 g/mol. The molecule has 2 atom stereocenters. The molecular weight excluding hydrogens is 140 g/mol. The fourth-order valence-corrected chi connectivity index (χ4v) is 1.50. The molecule has 0 aliphatic heterocycles. The molecule has 1 rings (SSSR count). The molecule has 0 aromatic rings. The van der Waals surface area contributed by atoms with Gasteiger partial charge in [-0.05, 0) is 26.2 Å². The normalized spacial score (nSPS) is 37.5. The molecule has 62 valence electrons. The average Bonchev–Trinajstić information content (AvgIpc) is 1.96. The summed E-state index contributed by atoms with van der Waals surface area (Å²) in [5, 5.41) is 19.1. The largest absolute Gasteiger partial charge is 0.389 e. The predicted molar refractivity (Wildman–Crippen MR) is 42.9 cm³/mol. The van der Waals surface area contributed by atoms with E-state index in [-0.39, 0.29) is 0 Å². The maximum atomic E-state index is 9.72. The summed E-state index contributed by atoms with van der Waals surface area (Å²) in [5.74, 6) is 5.31. The van der Waals surface area contributed by atoms with Gasteiger partial charge in [-0.3, -0.25) is 0 Å². The number of hydrogen-bond donors (Lipinski definition) is 2. The van der Waals surface area contributed by atoms with Crippen molar-refractivity contribution in [2.45, 2.75) is 44.3 Å². The van der Waals surface area contributed by atoms with Crippen LogP contribution in [-0.2, 0) is 0 Å². The Labute approximate surface area is 67.2 Å². The molecule has 0 amide bonds. The maximum absolute atomic E-state index is 9.72. The molecule has 0 unspecified atom stereocenters. The molecule has 1 aliphatic carbocycles. The first-order chi connectivity index (χ1) is 5.19. The lowest BCUT2D eigenvalue weighted by molar-refractivity contribution is -0.0585. The van der Waals surface area contributed by atoms with Crippen LogP contribution in [0.25, 0.3) is 0 Å². The van der Waals surface area contributed by atoms with E-state index in [0.717, 1.165) is 12.8 Å². The second kappa shape index (κ2) is 3.25. The van der Waals surface area contributed by atoms with Gasteiger partial charge in [0.2, 0.25) is 0 Å². The van der Waals surface area contributed by atoms with E-state index < -0.39 is 11.7 Å². The van der Waals surface area contributed by atoms with Crippen molar-refractivity contribution >= 4 is 0 Å². The van der Waals surface area contributed by atoms with E-state index in [4.69, 9.17) is 0 Å². The van der Waals surface area contributed by atoms with Crippen molar-refractivity contribution in [3.05, 3.63) is 0 Å². The van der Waals surface area contributed by atoms with Gasteiger partial charge >= 0.3 is 0 Å². The van der Waals surface area contributed by atoms with Crippen LogP contribution in [-0.4, -0.2) is 21.9 Å². The number of rotatable bonds is 0. The Morgan fingerprint density at radius 1 is 1.45 bits per heavy atom. The minimum absolute atomic E-state index is 0.606. The summed E-state index contributed by atoms with van der Waals surface area (Å²) >= 11 is 0. The lowest BCUT2D eigenvalue weighted by Crippen LogP contribution is -2.43. The van der Waals surface area contributed by atoms with Crippen LogP contribution < -0.4 is 0 Å². The standard InChI is InChI=1S/C9H14O2/c1-2-6-9(11)7-4-3-5-8(9)10/h8,10-11H,3-5,7H2,1H3/t8-,9+/m0/s1. The van der Waals surface area contributed by atoms with E-state index in [1.54, 1.807) is 6.92 Å². The Hall–Kier alpha value is -0.520. The van der Waals surface area contributed by atoms with Gasteiger partial charge < -0.3 is 10.2 Å². The molecular formula is C9H14O2. The SMILES string of the molecule is CC#C[C@@]1(O)CCCC[C@@H]1O. The quantitative estimate of drug-likeness (QED) is 0.504. The molecule has 2 N–H and O–H groups in total. The molecule has 11 heavy (non-hydrogen) atoms. The van der Waals surface area contributed by atoms with Gasteiger partial charge in [0.25, 0.3) is 0 Å². The van der Waals surface area contributed by atoms with Crippen LogP contribution in [0.15, 0.2) is 0 Å². The van der Waals surface area contributed by atoms with Gasteiger partial charge in [0.1, 0.15) is 0 Å². The van der Waals surface area contributed by atoms with Crippen LogP contribution in [0.1, 0.15) is 32.6 Å². The molecule has 0 spiro atoms. The van der Waals surface area contributed by atoms with E-state index in [1.807, 2.05) is 0 Å². The third-order valence-corrected chi connectivity index (χ3v) is 2.18. The highest BCUT2D eigenvalue weighted by molar-refractivity contribution is 5.16. The Kier molecular flexibility index (Phi) is 2.53. The van der Waals surface area contributed by atoms with Gasteiger partial charge in [-0.2, -0.15) is 0 Å². The van der Waals surface area contributed by atoms with Crippen LogP contribution in [0.4, 0.5) is 0 Å². The van der Waals surface area contributed by atoms with E-state index >= 15 is 0 Å². The molecule has 1 fully saturated rings. The zero-order chi connectivity index (χ0) is 8.32. The Balaban J connectivity index is 2.69. The van der Waals surface area contributed by atoms with Gasteiger partial charge in [0.05, 0.1) is 6.10 Å².